The van der Waals surface area contributed by atoms with Crippen LogP contribution >= 0.6 is 23.2 Å². The van der Waals surface area contributed by atoms with Crippen molar-refractivity contribution in [2.75, 3.05) is 11.9 Å². The number of aryl methyl sites for hydroxylation is 1. The fourth-order valence-electron chi connectivity index (χ4n) is 4.66. The molecule has 0 saturated carbocycles. The van der Waals surface area contributed by atoms with Crippen molar-refractivity contribution in [3.8, 4) is 17.3 Å². The molecule has 1 N–H and O–H groups in total. The van der Waals surface area contributed by atoms with Crippen molar-refractivity contribution in [1.29, 1.82) is 0 Å². The Balaban J connectivity index is 1.42. The predicted molar refractivity (Wildman–Crippen MR) is 173 cm³/mol. The number of amides is 1. The first-order valence-corrected chi connectivity index (χ1v) is 14.2. The molecule has 6 rings (SSSR count). The number of nitro benzene ring substituents is 1. The third kappa shape index (κ3) is 6.12. The monoisotopic (exact) mass is 641 g/mol. The first-order chi connectivity index (χ1) is 21.7. The molecular weight excluding hydrogens is 621 g/mol. The highest BCUT2D eigenvalue weighted by molar-refractivity contribution is 6.31. The van der Waals surface area contributed by atoms with Gasteiger partial charge in [0.15, 0.2) is 12.4 Å². The van der Waals surface area contributed by atoms with Gasteiger partial charge >= 0.3 is 5.69 Å². The van der Waals surface area contributed by atoms with Gasteiger partial charge < -0.3 is 14.5 Å². The third-order valence-corrected chi connectivity index (χ3v) is 7.24. The largest absolute Gasteiger partial charge is 0.476 e. The summed E-state index contributed by atoms with van der Waals surface area (Å²) in [6.45, 7) is 1.27. The first-order valence-electron chi connectivity index (χ1n) is 13.4. The minimum Gasteiger partial charge on any atom is -0.476 e. The second-order valence-electron chi connectivity index (χ2n) is 9.86. The number of hydrogen-bond donors (Lipinski definition) is 1. The normalized spacial score (nSPS) is 11.4. The lowest BCUT2D eigenvalue weighted by Gasteiger charge is -2.12. The molecule has 0 radical (unpaired) electrons. The second kappa shape index (κ2) is 12.2. The molecule has 1 amide bonds. The summed E-state index contributed by atoms with van der Waals surface area (Å²) in [4.78, 5) is 42.3. The lowest BCUT2D eigenvalue weighted by Crippen LogP contribution is -2.22. The van der Waals surface area contributed by atoms with Gasteiger partial charge in [-0.25, -0.2) is 4.98 Å². The summed E-state index contributed by atoms with van der Waals surface area (Å²) in [5.74, 6) is -0.513. The number of halogens is 2. The molecular formula is C32H21Cl2N5O6. The van der Waals surface area contributed by atoms with Crippen LogP contribution in [-0.4, -0.2) is 33.3 Å². The molecule has 0 atom stereocenters. The molecule has 2 heterocycles. The van der Waals surface area contributed by atoms with E-state index in [1.54, 1.807) is 60.7 Å². The molecule has 0 bridgehead atoms. The van der Waals surface area contributed by atoms with Crippen LogP contribution in [0, 0.1) is 17.0 Å². The summed E-state index contributed by atoms with van der Waals surface area (Å²) in [6.07, 6.45) is 1.17. The van der Waals surface area contributed by atoms with E-state index in [1.165, 1.54) is 12.3 Å². The number of para-hydroxylation sites is 2. The van der Waals surface area contributed by atoms with E-state index < -0.39 is 28.7 Å². The Hall–Kier alpha value is -5.52. The fraction of sp³-hybridized carbons (Fsp3) is 0.0625. The summed E-state index contributed by atoms with van der Waals surface area (Å²) >= 11 is 12.4. The molecule has 0 aliphatic rings. The average molecular weight is 642 g/mol. The highest BCUT2D eigenvalue weighted by atomic mass is 35.5. The Kier molecular flexibility index (Phi) is 8.03. The Morgan fingerprint density at radius 1 is 1.07 bits per heavy atom. The van der Waals surface area contributed by atoms with Crippen molar-refractivity contribution in [2.45, 2.75) is 6.92 Å². The van der Waals surface area contributed by atoms with Crippen LogP contribution in [0.1, 0.15) is 11.1 Å². The van der Waals surface area contributed by atoms with Crippen LogP contribution < -0.4 is 15.6 Å². The molecule has 224 valence electrons. The van der Waals surface area contributed by atoms with Crippen LogP contribution in [0.15, 0.2) is 99.2 Å². The first kappa shape index (κ1) is 29.5. The van der Waals surface area contributed by atoms with Crippen molar-refractivity contribution in [2.24, 2.45) is 5.10 Å². The SMILES string of the molecule is Cc1ccccc1NC(=O)COc1c(C=Nn2c(-c3cc4cc(Cl)ccc4o3)nc3ccccc3c2=O)cc(Cl)cc1[N+](=O)[O-]. The summed E-state index contributed by atoms with van der Waals surface area (Å²) in [5, 5.41) is 20.5. The van der Waals surface area contributed by atoms with Gasteiger partial charge in [0.25, 0.3) is 11.5 Å². The number of aromatic nitrogens is 2. The Morgan fingerprint density at radius 3 is 2.64 bits per heavy atom. The summed E-state index contributed by atoms with van der Waals surface area (Å²) in [6, 6.07) is 23.1. The van der Waals surface area contributed by atoms with Crippen molar-refractivity contribution in [3.05, 3.63) is 127 Å². The topological polar surface area (TPSA) is 142 Å². The van der Waals surface area contributed by atoms with Crippen LogP contribution in [0.4, 0.5) is 11.4 Å². The van der Waals surface area contributed by atoms with E-state index in [9.17, 15) is 19.7 Å². The molecule has 0 saturated heterocycles. The number of furan rings is 1. The van der Waals surface area contributed by atoms with Gasteiger partial charge in [0, 0.05) is 32.7 Å². The van der Waals surface area contributed by atoms with Crippen molar-refractivity contribution in [3.63, 3.8) is 0 Å². The molecule has 0 aliphatic heterocycles. The maximum Gasteiger partial charge on any atom is 0.313 e. The van der Waals surface area contributed by atoms with Gasteiger partial charge in [-0.1, -0.05) is 53.5 Å². The highest BCUT2D eigenvalue weighted by Gasteiger charge is 2.23. The molecule has 0 spiro atoms. The third-order valence-electron chi connectivity index (χ3n) is 6.79. The number of anilines is 1. The maximum atomic E-state index is 13.7. The van der Waals surface area contributed by atoms with E-state index in [4.69, 9.17) is 32.4 Å². The van der Waals surface area contributed by atoms with Crippen LogP contribution in [0.25, 0.3) is 33.5 Å². The van der Waals surface area contributed by atoms with E-state index in [0.717, 1.165) is 16.3 Å². The number of hydrogen-bond acceptors (Lipinski definition) is 8. The summed E-state index contributed by atoms with van der Waals surface area (Å²) < 4.78 is 12.7. The molecule has 0 aliphatic carbocycles. The van der Waals surface area contributed by atoms with Crippen molar-refractivity contribution in [1.82, 2.24) is 9.66 Å². The van der Waals surface area contributed by atoms with Gasteiger partial charge in [0.1, 0.15) is 5.58 Å². The van der Waals surface area contributed by atoms with Gasteiger partial charge in [0.2, 0.25) is 11.6 Å². The molecule has 0 fully saturated rings. The minimum absolute atomic E-state index is 0.0123. The van der Waals surface area contributed by atoms with E-state index >= 15 is 0 Å². The van der Waals surface area contributed by atoms with Gasteiger partial charge in [0.05, 0.1) is 22.0 Å². The molecule has 4 aromatic carbocycles. The van der Waals surface area contributed by atoms with Crippen molar-refractivity contribution >= 4 is 68.6 Å². The van der Waals surface area contributed by atoms with Gasteiger partial charge in [-0.15, -0.1) is 0 Å². The lowest BCUT2D eigenvalue weighted by atomic mass is 10.2. The fourth-order valence-corrected chi connectivity index (χ4v) is 5.06. The predicted octanol–water partition coefficient (Wildman–Crippen LogP) is 7.23. The minimum atomic E-state index is -0.688. The quantitative estimate of drug-likeness (QED) is 0.105. The number of benzene rings is 4. The van der Waals surface area contributed by atoms with Crippen molar-refractivity contribution < 1.29 is 18.9 Å². The van der Waals surface area contributed by atoms with E-state index in [2.05, 4.69) is 15.4 Å². The molecule has 45 heavy (non-hydrogen) atoms. The Morgan fingerprint density at radius 2 is 1.84 bits per heavy atom. The van der Waals surface area contributed by atoms with Gasteiger partial charge in [-0.3, -0.25) is 19.7 Å². The molecule has 2 aromatic heterocycles. The number of ether oxygens (including phenoxy) is 1. The zero-order chi connectivity index (χ0) is 31.7. The number of rotatable bonds is 8. The van der Waals surface area contributed by atoms with Crippen LogP contribution in [0.3, 0.4) is 0 Å². The molecule has 6 aromatic rings. The Bertz CT molecular complexity index is 2230. The number of nitro groups is 1. The van der Waals surface area contributed by atoms with Crippen LogP contribution in [0.5, 0.6) is 5.75 Å². The zero-order valence-corrected chi connectivity index (χ0v) is 24.9. The van der Waals surface area contributed by atoms with Crippen LogP contribution in [-0.2, 0) is 4.79 Å². The highest BCUT2D eigenvalue weighted by Crippen LogP contribution is 2.34. The van der Waals surface area contributed by atoms with Crippen LogP contribution in [0.2, 0.25) is 10.0 Å². The number of carbonyl (C=O) groups excluding carboxylic acids is 1. The number of fused-ring (bicyclic) bond motifs is 2. The molecule has 0 unspecified atom stereocenters. The average Bonchev–Trinajstić information content (AvgIpc) is 3.44. The lowest BCUT2D eigenvalue weighted by molar-refractivity contribution is -0.385. The Labute approximate surface area is 264 Å². The van der Waals surface area contributed by atoms with E-state index in [-0.39, 0.29) is 33.3 Å². The standard InChI is InChI=1S/C32H21Cl2N5O6/c1-18-6-2-4-8-24(18)36-29(40)17-44-30-20(13-22(34)15-26(30)39(42)43)16-35-38-31(37-25-9-5-3-7-23(25)32(38)41)28-14-19-12-21(33)10-11-27(19)45-28/h2-16H,17H2,1H3,(H,36,40). The number of carbonyl (C=O) groups is 1. The van der Waals surface area contributed by atoms with Gasteiger partial charge in [-0.2, -0.15) is 9.78 Å². The smallest absolute Gasteiger partial charge is 0.313 e. The second-order valence-corrected chi connectivity index (χ2v) is 10.7. The molecule has 11 nitrogen and oxygen atoms in total. The summed E-state index contributed by atoms with van der Waals surface area (Å²) in [7, 11) is 0. The van der Waals surface area contributed by atoms with Gasteiger partial charge in [-0.05, 0) is 61.0 Å². The summed E-state index contributed by atoms with van der Waals surface area (Å²) in [5.41, 5.74) is 1.34. The van der Waals surface area contributed by atoms with E-state index in [0.29, 0.717) is 27.2 Å². The zero-order valence-electron chi connectivity index (χ0n) is 23.4. The maximum absolute atomic E-state index is 13.7. The molecule has 13 heteroatoms. The number of nitrogens with zero attached hydrogens (tertiary/aromatic N) is 4. The van der Waals surface area contributed by atoms with E-state index in [1.807, 2.05) is 19.1 Å². The number of nitrogens with one attached hydrogen (secondary N) is 1.